The van der Waals surface area contributed by atoms with Crippen molar-refractivity contribution in [3.05, 3.63) is 138 Å². The Labute approximate surface area is 232 Å². The van der Waals surface area contributed by atoms with Crippen molar-refractivity contribution in [3.63, 3.8) is 0 Å². The Morgan fingerprint density at radius 3 is 2.38 bits per heavy atom. The average Bonchev–Trinajstić information content (AvgIpc) is 3.20. The minimum atomic E-state index is -3.66. The van der Waals surface area contributed by atoms with E-state index in [1.54, 1.807) is 42.6 Å². The summed E-state index contributed by atoms with van der Waals surface area (Å²) in [5.74, 6) is 0.333. The number of hydrogen-bond donors (Lipinski definition) is 1. The molecule has 0 saturated heterocycles. The number of rotatable bonds is 8. The van der Waals surface area contributed by atoms with Gasteiger partial charge in [0.1, 0.15) is 12.4 Å². The van der Waals surface area contributed by atoms with E-state index in [-0.39, 0.29) is 12.5 Å². The second kappa shape index (κ2) is 10.7. The van der Waals surface area contributed by atoms with Crippen LogP contribution in [0.25, 0.3) is 10.8 Å². The number of hydrogen-bond acceptors (Lipinski definition) is 5. The number of carbonyl (C=O) groups is 1. The molecule has 0 fully saturated rings. The molecule has 0 radical (unpaired) electrons. The predicted octanol–water partition coefficient (Wildman–Crippen LogP) is 5.89. The lowest BCUT2D eigenvalue weighted by Gasteiger charge is -2.19. The summed E-state index contributed by atoms with van der Waals surface area (Å²) in [7, 11) is -3.66. The van der Waals surface area contributed by atoms with Gasteiger partial charge in [-0.3, -0.25) is 9.10 Å². The van der Waals surface area contributed by atoms with Crippen LogP contribution in [-0.4, -0.2) is 20.5 Å². The number of anilines is 1. The molecule has 5 aromatic rings. The molecule has 0 aromatic heterocycles. The number of benzene rings is 5. The van der Waals surface area contributed by atoms with Crippen LogP contribution in [0.1, 0.15) is 27.0 Å². The van der Waals surface area contributed by atoms with Crippen LogP contribution in [0.5, 0.6) is 5.75 Å². The molecule has 1 aliphatic heterocycles. The van der Waals surface area contributed by atoms with Gasteiger partial charge in [-0.1, -0.05) is 78.9 Å². The summed E-state index contributed by atoms with van der Waals surface area (Å²) in [6.07, 6.45) is 1.55. The van der Waals surface area contributed by atoms with E-state index < -0.39 is 10.0 Å². The number of carbonyl (C=O) groups excluding carboxylic acids is 1. The Bertz CT molecular complexity index is 1830. The molecule has 0 spiro atoms. The minimum Gasteiger partial charge on any atom is -0.489 e. The summed E-state index contributed by atoms with van der Waals surface area (Å²) >= 11 is 0. The Hall–Kier alpha value is -4.95. The Balaban J connectivity index is 1.08. The number of ether oxygens (including phenoxy) is 1. The quantitative estimate of drug-likeness (QED) is 0.194. The second-order valence-corrected chi connectivity index (χ2v) is 11.2. The zero-order valence-corrected chi connectivity index (χ0v) is 22.2. The van der Waals surface area contributed by atoms with Gasteiger partial charge in [0.15, 0.2) is 0 Å². The lowest BCUT2D eigenvalue weighted by Crippen LogP contribution is -2.26. The number of sulfonamides is 1. The van der Waals surface area contributed by atoms with E-state index in [4.69, 9.17) is 4.74 Å². The van der Waals surface area contributed by atoms with Crippen molar-refractivity contribution < 1.29 is 17.9 Å². The van der Waals surface area contributed by atoms with Crippen LogP contribution in [-0.2, 0) is 23.2 Å². The maximum atomic E-state index is 13.2. The molecule has 0 unspecified atom stereocenters. The second-order valence-electron chi connectivity index (χ2n) is 9.39. The number of nitrogens with one attached hydrogen (secondary N) is 1. The monoisotopic (exact) mass is 547 g/mol. The Morgan fingerprint density at radius 2 is 1.57 bits per heavy atom. The van der Waals surface area contributed by atoms with Crippen LogP contribution in [0, 0.1) is 0 Å². The van der Waals surface area contributed by atoms with Gasteiger partial charge in [0, 0.05) is 10.9 Å². The lowest BCUT2D eigenvalue weighted by atomic mass is 10.1. The van der Waals surface area contributed by atoms with Crippen molar-refractivity contribution in [2.24, 2.45) is 5.10 Å². The molecule has 8 heteroatoms. The van der Waals surface area contributed by atoms with Crippen LogP contribution in [0.2, 0.25) is 0 Å². The lowest BCUT2D eigenvalue weighted by molar-refractivity contribution is 0.0955. The van der Waals surface area contributed by atoms with E-state index in [0.717, 1.165) is 27.5 Å². The minimum absolute atomic E-state index is 0.166. The summed E-state index contributed by atoms with van der Waals surface area (Å²) in [6.45, 7) is 0.624. The summed E-state index contributed by atoms with van der Waals surface area (Å²) in [4.78, 5) is 13.0. The molecular weight excluding hydrogens is 522 g/mol. The zero-order chi connectivity index (χ0) is 27.5. The maximum absolute atomic E-state index is 13.2. The van der Waals surface area contributed by atoms with Crippen molar-refractivity contribution in [2.75, 3.05) is 4.31 Å². The average molecular weight is 548 g/mol. The zero-order valence-electron chi connectivity index (χ0n) is 21.4. The number of amides is 1. The molecule has 1 heterocycles. The van der Waals surface area contributed by atoms with Gasteiger partial charge in [0.25, 0.3) is 15.9 Å². The van der Waals surface area contributed by atoms with Crippen molar-refractivity contribution in [1.29, 1.82) is 0 Å². The first-order chi connectivity index (χ1) is 19.5. The van der Waals surface area contributed by atoms with Gasteiger partial charge in [-0.2, -0.15) is 5.10 Å². The van der Waals surface area contributed by atoms with Crippen LogP contribution in [0.4, 0.5) is 5.69 Å². The summed E-state index contributed by atoms with van der Waals surface area (Å²) in [6, 6.07) is 35.1. The molecule has 1 aliphatic rings. The van der Waals surface area contributed by atoms with Gasteiger partial charge in [0.2, 0.25) is 0 Å². The van der Waals surface area contributed by atoms with Gasteiger partial charge in [-0.25, -0.2) is 13.8 Å². The van der Waals surface area contributed by atoms with E-state index in [2.05, 4.69) is 10.5 Å². The molecule has 1 amide bonds. The van der Waals surface area contributed by atoms with E-state index in [1.807, 2.05) is 78.9 Å². The molecule has 0 aliphatic carbocycles. The highest BCUT2D eigenvalue weighted by Gasteiger charge is 2.35. The molecule has 0 atom stereocenters. The standard InChI is InChI=1S/C32H25N3O4S/c36-32(34-33-20-25-9-4-12-28(19-25)39-22-24-7-2-1-3-8-24)27-17-15-23(16-18-27)21-35-29-13-5-10-26-11-6-14-30(31(26)29)40(35,37)38/h1-20H,21-22H2,(H,34,36)/b33-20-. The first-order valence-electron chi connectivity index (χ1n) is 12.7. The molecule has 0 saturated carbocycles. The fourth-order valence-corrected chi connectivity index (χ4v) is 6.41. The van der Waals surface area contributed by atoms with Crippen LogP contribution in [0.3, 0.4) is 0 Å². The highest BCUT2D eigenvalue weighted by Crippen LogP contribution is 2.42. The summed E-state index contributed by atoms with van der Waals surface area (Å²) in [5.41, 5.74) is 6.24. The number of hydrazone groups is 1. The third-order valence-electron chi connectivity index (χ3n) is 6.71. The van der Waals surface area contributed by atoms with E-state index >= 15 is 0 Å². The van der Waals surface area contributed by atoms with Crippen molar-refractivity contribution >= 4 is 38.6 Å². The fraction of sp³-hybridized carbons (Fsp3) is 0.0625. The molecule has 40 heavy (non-hydrogen) atoms. The predicted molar refractivity (Wildman–Crippen MR) is 156 cm³/mol. The van der Waals surface area contributed by atoms with Crippen LogP contribution < -0.4 is 14.5 Å². The van der Waals surface area contributed by atoms with E-state index in [1.165, 1.54) is 4.31 Å². The molecule has 5 aromatic carbocycles. The van der Waals surface area contributed by atoms with Gasteiger partial charge in [-0.15, -0.1) is 0 Å². The summed E-state index contributed by atoms with van der Waals surface area (Å²) < 4.78 is 33.7. The highest BCUT2D eigenvalue weighted by molar-refractivity contribution is 7.93. The first-order valence-corrected chi connectivity index (χ1v) is 14.2. The molecular formula is C32H25N3O4S. The Morgan fingerprint density at radius 1 is 0.825 bits per heavy atom. The molecule has 0 bridgehead atoms. The molecule has 198 valence electrons. The SMILES string of the molecule is O=C(N/N=C\c1cccc(OCc2ccccc2)c1)c1ccc(CN2c3cccc4cccc(c34)S2(=O)=O)cc1. The van der Waals surface area contributed by atoms with Gasteiger partial charge in [0.05, 0.1) is 23.3 Å². The smallest absolute Gasteiger partial charge is 0.271 e. The van der Waals surface area contributed by atoms with Crippen molar-refractivity contribution in [2.45, 2.75) is 18.0 Å². The van der Waals surface area contributed by atoms with Crippen molar-refractivity contribution in [3.8, 4) is 5.75 Å². The third kappa shape index (κ3) is 5.04. The molecule has 6 rings (SSSR count). The highest BCUT2D eigenvalue weighted by atomic mass is 32.2. The van der Waals surface area contributed by atoms with E-state index in [9.17, 15) is 13.2 Å². The van der Waals surface area contributed by atoms with Crippen molar-refractivity contribution in [1.82, 2.24) is 5.43 Å². The maximum Gasteiger partial charge on any atom is 0.271 e. The normalized spacial score (nSPS) is 13.6. The third-order valence-corrected chi connectivity index (χ3v) is 8.51. The van der Waals surface area contributed by atoms with Crippen LogP contribution in [0.15, 0.2) is 125 Å². The fourth-order valence-electron chi connectivity index (χ4n) is 4.71. The topological polar surface area (TPSA) is 88.1 Å². The van der Waals surface area contributed by atoms with Gasteiger partial charge in [-0.05, 0) is 58.5 Å². The van der Waals surface area contributed by atoms with Gasteiger partial charge < -0.3 is 4.74 Å². The molecule has 1 N–H and O–H groups in total. The largest absolute Gasteiger partial charge is 0.489 e. The van der Waals surface area contributed by atoms with Crippen LogP contribution >= 0.6 is 0 Å². The number of nitrogens with zero attached hydrogens (tertiary/aromatic N) is 2. The first kappa shape index (κ1) is 25.3. The molecule has 7 nitrogen and oxygen atoms in total. The Kier molecular flexibility index (Phi) is 6.76. The summed E-state index contributed by atoms with van der Waals surface area (Å²) in [5, 5.41) is 5.71. The van der Waals surface area contributed by atoms with E-state index in [0.29, 0.717) is 28.5 Å². The van der Waals surface area contributed by atoms with Gasteiger partial charge >= 0.3 is 0 Å².